The molecule has 1 heterocycles. The first kappa shape index (κ1) is 12.0. The number of carboxylic acids is 1. The van der Waals surface area contributed by atoms with Crippen LogP contribution in [0.2, 0.25) is 5.02 Å². The molecule has 0 aliphatic heterocycles. The molecule has 1 fully saturated rings. The Morgan fingerprint density at radius 2 is 2.22 bits per heavy atom. The van der Waals surface area contributed by atoms with Gasteiger partial charge in [-0.2, -0.15) is 0 Å². The van der Waals surface area contributed by atoms with Gasteiger partial charge in [0.15, 0.2) is 11.4 Å². The molecule has 0 amide bonds. The molecule has 0 bridgehead atoms. The van der Waals surface area contributed by atoms with Crippen LogP contribution >= 0.6 is 27.5 Å². The largest absolute Gasteiger partial charge is 0.475 e. The normalized spacial score (nSPS) is 15.3. The summed E-state index contributed by atoms with van der Waals surface area (Å²) in [6.45, 7) is 0. The third-order valence-electron chi connectivity index (χ3n) is 3.02. The number of carboxylic acid groups (broad SMARTS) is 1. The lowest BCUT2D eigenvalue weighted by molar-refractivity contribution is 0.0663. The molecule has 1 aromatic carbocycles. The van der Waals surface area contributed by atoms with Crippen LogP contribution < -0.4 is 0 Å². The van der Waals surface area contributed by atoms with Gasteiger partial charge in [0.2, 0.25) is 5.76 Å². The Morgan fingerprint density at radius 3 is 2.78 bits per heavy atom. The Kier molecular flexibility index (Phi) is 2.64. The number of hydrogen-bond donors (Lipinski definition) is 1. The van der Waals surface area contributed by atoms with E-state index in [0.717, 1.165) is 12.8 Å². The van der Waals surface area contributed by atoms with Gasteiger partial charge in [0.1, 0.15) is 0 Å². The molecule has 6 heteroatoms. The van der Waals surface area contributed by atoms with Crippen LogP contribution in [0.1, 0.15) is 34.9 Å². The van der Waals surface area contributed by atoms with Crippen LogP contribution in [-0.4, -0.2) is 11.1 Å². The molecule has 1 aliphatic carbocycles. The molecular formula is C12H7BrClFO3. The van der Waals surface area contributed by atoms with Gasteiger partial charge in [-0.25, -0.2) is 9.18 Å². The molecule has 94 valence electrons. The van der Waals surface area contributed by atoms with Crippen molar-refractivity contribution in [1.29, 1.82) is 0 Å². The Labute approximate surface area is 115 Å². The highest BCUT2D eigenvalue weighted by molar-refractivity contribution is 9.10. The first-order valence-electron chi connectivity index (χ1n) is 5.34. The topological polar surface area (TPSA) is 50.4 Å². The Hall–Kier alpha value is -1.07. The molecule has 0 spiro atoms. The molecule has 2 aromatic rings. The summed E-state index contributed by atoms with van der Waals surface area (Å²) in [7, 11) is 0. The third kappa shape index (κ3) is 1.65. The van der Waals surface area contributed by atoms with E-state index in [2.05, 4.69) is 15.9 Å². The summed E-state index contributed by atoms with van der Waals surface area (Å²) in [6, 6.07) is 1.37. The number of rotatable bonds is 2. The van der Waals surface area contributed by atoms with Crippen molar-refractivity contribution >= 4 is 44.5 Å². The molecule has 0 radical (unpaired) electrons. The molecular weight excluding hydrogens is 326 g/mol. The van der Waals surface area contributed by atoms with Crippen molar-refractivity contribution in [2.75, 3.05) is 0 Å². The van der Waals surface area contributed by atoms with Crippen molar-refractivity contribution in [1.82, 2.24) is 0 Å². The highest BCUT2D eigenvalue weighted by Crippen LogP contribution is 2.48. The van der Waals surface area contributed by atoms with E-state index in [9.17, 15) is 9.18 Å². The van der Waals surface area contributed by atoms with Crippen molar-refractivity contribution in [2.45, 2.75) is 18.8 Å². The maximum atomic E-state index is 14.1. The molecule has 1 aliphatic rings. The summed E-state index contributed by atoms with van der Waals surface area (Å²) in [4.78, 5) is 11.2. The van der Waals surface area contributed by atoms with Crippen LogP contribution in [0.4, 0.5) is 4.39 Å². The van der Waals surface area contributed by atoms with Gasteiger partial charge < -0.3 is 9.52 Å². The zero-order valence-corrected chi connectivity index (χ0v) is 11.3. The van der Waals surface area contributed by atoms with E-state index in [1.54, 1.807) is 0 Å². The summed E-state index contributed by atoms with van der Waals surface area (Å²) < 4.78 is 19.8. The van der Waals surface area contributed by atoms with Gasteiger partial charge in [-0.3, -0.25) is 0 Å². The maximum absolute atomic E-state index is 14.1. The minimum absolute atomic E-state index is 0.0472. The first-order chi connectivity index (χ1) is 8.50. The second-order valence-electron chi connectivity index (χ2n) is 4.28. The molecule has 1 N–H and O–H groups in total. The van der Waals surface area contributed by atoms with Crippen LogP contribution in [0, 0.1) is 5.82 Å². The predicted molar refractivity (Wildman–Crippen MR) is 67.8 cm³/mol. The summed E-state index contributed by atoms with van der Waals surface area (Å²) >= 11 is 8.99. The van der Waals surface area contributed by atoms with Crippen LogP contribution in [0.25, 0.3) is 11.0 Å². The van der Waals surface area contributed by atoms with E-state index in [1.165, 1.54) is 6.07 Å². The number of halogens is 3. The fourth-order valence-corrected chi connectivity index (χ4v) is 2.95. The Bertz CT molecular complexity index is 676. The fraction of sp³-hybridized carbons (Fsp3) is 0.250. The minimum Gasteiger partial charge on any atom is -0.475 e. The lowest BCUT2D eigenvalue weighted by Crippen LogP contribution is -1.98. The second-order valence-corrected chi connectivity index (χ2v) is 5.54. The smallest absolute Gasteiger partial charge is 0.372 e. The molecule has 1 aromatic heterocycles. The highest BCUT2D eigenvalue weighted by Gasteiger charge is 2.35. The van der Waals surface area contributed by atoms with Crippen molar-refractivity contribution in [3.8, 4) is 0 Å². The fourth-order valence-electron chi connectivity index (χ4n) is 2.11. The third-order valence-corrected chi connectivity index (χ3v) is 3.89. The molecule has 3 nitrogen and oxygen atoms in total. The van der Waals surface area contributed by atoms with Crippen LogP contribution in [0.3, 0.4) is 0 Å². The van der Waals surface area contributed by atoms with Gasteiger partial charge in [-0.05, 0) is 40.8 Å². The average Bonchev–Trinajstić information content (AvgIpc) is 3.05. The molecule has 1 saturated carbocycles. The van der Waals surface area contributed by atoms with Crippen LogP contribution in [0.5, 0.6) is 0 Å². The van der Waals surface area contributed by atoms with E-state index >= 15 is 0 Å². The lowest BCUT2D eigenvalue weighted by atomic mass is 10.1. The van der Waals surface area contributed by atoms with Gasteiger partial charge in [-0.15, -0.1) is 0 Å². The van der Waals surface area contributed by atoms with Crippen molar-refractivity contribution in [3.05, 3.63) is 32.7 Å². The van der Waals surface area contributed by atoms with E-state index in [0.29, 0.717) is 10.0 Å². The number of fused-ring (bicyclic) bond motifs is 1. The molecule has 3 rings (SSSR count). The summed E-state index contributed by atoms with van der Waals surface area (Å²) in [5.41, 5.74) is 0.634. The highest BCUT2D eigenvalue weighted by atomic mass is 79.9. The number of furan rings is 1. The molecule has 0 atom stereocenters. The zero-order chi connectivity index (χ0) is 13.0. The number of carbonyl (C=O) groups is 1. The zero-order valence-electron chi connectivity index (χ0n) is 8.97. The predicted octanol–water partition coefficient (Wildman–Crippen LogP) is 4.56. The summed E-state index contributed by atoms with van der Waals surface area (Å²) in [6.07, 6.45) is 1.69. The Balaban J connectivity index is 2.45. The second kappa shape index (κ2) is 3.96. The number of hydrogen-bond acceptors (Lipinski definition) is 2. The van der Waals surface area contributed by atoms with Crippen LogP contribution in [-0.2, 0) is 0 Å². The van der Waals surface area contributed by atoms with Crippen molar-refractivity contribution in [2.24, 2.45) is 0 Å². The summed E-state index contributed by atoms with van der Waals surface area (Å²) in [5, 5.41) is 9.27. The minimum atomic E-state index is -1.18. The number of aromatic carboxylic acids is 1. The van der Waals surface area contributed by atoms with Gasteiger partial charge in [-0.1, -0.05) is 11.6 Å². The molecule has 18 heavy (non-hydrogen) atoms. The van der Waals surface area contributed by atoms with Gasteiger partial charge >= 0.3 is 5.97 Å². The van der Waals surface area contributed by atoms with Crippen LogP contribution in [0.15, 0.2) is 15.0 Å². The van der Waals surface area contributed by atoms with E-state index in [-0.39, 0.29) is 27.7 Å². The SMILES string of the molecule is O=C(O)c1oc2c(Br)cc(Cl)c(F)c2c1C1CC1. The van der Waals surface area contributed by atoms with Crippen molar-refractivity contribution < 1.29 is 18.7 Å². The summed E-state index contributed by atoms with van der Waals surface area (Å²) in [5.74, 6) is -1.94. The van der Waals surface area contributed by atoms with E-state index in [4.69, 9.17) is 21.1 Å². The monoisotopic (exact) mass is 332 g/mol. The molecule has 0 unspecified atom stereocenters. The van der Waals surface area contributed by atoms with Gasteiger partial charge in [0.05, 0.1) is 14.9 Å². The quantitative estimate of drug-likeness (QED) is 0.819. The van der Waals surface area contributed by atoms with Gasteiger partial charge in [0, 0.05) is 5.56 Å². The standard InChI is InChI=1S/C12H7BrClFO3/c13-5-3-6(14)9(15)8-7(4-1-2-4)11(12(16)17)18-10(5)8/h3-4H,1-2H2,(H,16,17). The maximum Gasteiger partial charge on any atom is 0.372 e. The molecule has 0 saturated heterocycles. The van der Waals surface area contributed by atoms with E-state index in [1.807, 2.05) is 0 Å². The lowest BCUT2D eigenvalue weighted by Gasteiger charge is -2.00. The Morgan fingerprint density at radius 1 is 1.56 bits per heavy atom. The first-order valence-corrected chi connectivity index (χ1v) is 6.51. The average molecular weight is 334 g/mol. The van der Waals surface area contributed by atoms with Crippen molar-refractivity contribution in [3.63, 3.8) is 0 Å². The number of benzene rings is 1. The van der Waals surface area contributed by atoms with Gasteiger partial charge in [0.25, 0.3) is 0 Å². The van der Waals surface area contributed by atoms with E-state index < -0.39 is 11.8 Å².